The Bertz CT molecular complexity index is 451. The second-order valence-electron chi connectivity index (χ2n) is 6.45. The standard InChI is InChI=1S/C19H34NO5P/c1-2-3-4-5-6-7-8-9-10-11-12-13-14-15-18(22)26(25)20-17(16-21)19(23)24/h7-8,17,21H,2-6,9-16H2,1H3,(H,23,24)/b8-7-. The van der Waals surface area contributed by atoms with E-state index >= 15 is 0 Å². The fraction of sp³-hybridized carbons (Fsp3) is 0.789. The number of allylic oxidation sites excluding steroid dienone is 2. The first-order valence-electron chi connectivity index (χ1n) is 9.72. The summed E-state index contributed by atoms with van der Waals surface area (Å²) in [7, 11) is -2.57. The van der Waals surface area contributed by atoms with E-state index in [1.807, 2.05) is 0 Å². The zero-order valence-corrected chi connectivity index (χ0v) is 16.8. The Balaban J connectivity index is 3.65. The SMILES string of the molecule is CCCCCC/C=C\CCCCCCCC(=O)[P+]([O-])=NC(CO)C(=O)O. The van der Waals surface area contributed by atoms with Crippen LogP contribution in [0.1, 0.15) is 84.0 Å². The van der Waals surface area contributed by atoms with Crippen molar-refractivity contribution in [3.63, 3.8) is 0 Å². The molecule has 0 aromatic heterocycles. The van der Waals surface area contributed by atoms with Gasteiger partial charge in [0, 0.05) is 0 Å². The number of carbonyl (C=O) groups excluding carboxylic acids is 1. The highest BCUT2D eigenvalue weighted by molar-refractivity contribution is 7.59. The van der Waals surface area contributed by atoms with E-state index in [4.69, 9.17) is 10.2 Å². The zero-order chi connectivity index (χ0) is 19.6. The van der Waals surface area contributed by atoms with E-state index in [0.29, 0.717) is 6.42 Å². The molecule has 6 nitrogen and oxygen atoms in total. The number of nitrogens with zero attached hydrogens (tertiary/aromatic N) is 1. The lowest BCUT2D eigenvalue weighted by molar-refractivity contribution is -0.162. The van der Waals surface area contributed by atoms with Crippen LogP contribution in [0.2, 0.25) is 0 Å². The molecule has 2 N–H and O–H groups in total. The molecular formula is C19H34NO5P. The van der Waals surface area contributed by atoms with Crippen LogP contribution >= 0.6 is 7.94 Å². The number of carboxylic acids is 1. The third kappa shape index (κ3) is 14.1. The molecular weight excluding hydrogens is 353 g/mol. The molecule has 0 amide bonds. The van der Waals surface area contributed by atoms with Crippen molar-refractivity contribution in [3.8, 4) is 0 Å². The van der Waals surface area contributed by atoms with Crippen LogP contribution in [-0.4, -0.2) is 34.4 Å². The number of carboxylic acid groups (broad SMARTS) is 1. The molecule has 0 rings (SSSR count). The van der Waals surface area contributed by atoms with Crippen LogP contribution in [0.4, 0.5) is 0 Å². The van der Waals surface area contributed by atoms with Crippen LogP contribution in [0, 0.1) is 0 Å². The monoisotopic (exact) mass is 387 g/mol. The van der Waals surface area contributed by atoms with Gasteiger partial charge in [-0.05, 0) is 32.1 Å². The molecule has 0 aromatic rings. The number of aliphatic carboxylic acids is 1. The molecule has 0 aliphatic rings. The Morgan fingerprint density at radius 3 is 2.08 bits per heavy atom. The van der Waals surface area contributed by atoms with Gasteiger partial charge in [0.1, 0.15) is 0 Å². The van der Waals surface area contributed by atoms with Crippen LogP contribution in [0.25, 0.3) is 0 Å². The van der Waals surface area contributed by atoms with Crippen molar-refractivity contribution in [2.24, 2.45) is 4.74 Å². The molecule has 0 fully saturated rings. The second kappa shape index (κ2) is 17.3. The third-order valence-electron chi connectivity index (χ3n) is 4.07. The number of hydrogen-bond donors (Lipinski definition) is 2. The number of rotatable bonds is 17. The lowest BCUT2D eigenvalue weighted by Gasteiger charge is -2.01. The van der Waals surface area contributed by atoms with E-state index < -0.39 is 32.1 Å². The first kappa shape index (κ1) is 24.9. The van der Waals surface area contributed by atoms with Gasteiger partial charge in [0.05, 0.1) is 13.0 Å². The highest BCUT2D eigenvalue weighted by Gasteiger charge is 2.22. The quantitative estimate of drug-likeness (QED) is 0.221. The lowest BCUT2D eigenvalue weighted by atomic mass is 10.1. The maximum absolute atomic E-state index is 11.7. The van der Waals surface area contributed by atoms with Gasteiger partial charge < -0.3 is 15.1 Å². The molecule has 26 heavy (non-hydrogen) atoms. The molecule has 0 aliphatic carbocycles. The van der Waals surface area contributed by atoms with E-state index in [9.17, 15) is 14.5 Å². The average molecular weight is 387 g/mol. The van der Waals surface area contributed by atoms with E-state index in [1.165, 1.54) is 32.1 Å². The van der Waals surface area contributed by atoms with E-state index in [1.54, 1.807) is 0 Å². The lowest BCUT2D eigenvalue weighted by Crippen LogP contribution is -2.22. The molecule has 2 atom stereocenters. The second-order valence-corrected chi connectivity index (χ2v) is 7.72. The van der Waals surface area contributed by atoms with Crippen LogP contribution < -0.4 is 4.89 Å². The summed E-state index contributed by atoms with van der Waals surface area (Å²) in [6.45, 7) is 1.46. The molecule has 0 saturated heterocycles. The maximum atomic E-state index is 11.7. The summed E-state index contributed by atoms with van der Waals surface area (Å²) >= 11 is 0. The molecule has 0 saturated carbocycles. The van der Waals surface area contributed by atoms with Crippen molar-refractivity contribution in [1.29, 1.82) is 0 Å². The van der Waals surface area contributed by atoms with Crippen LogP contribution in [-0.2, 0) is 9.59 Å². The Morgan fingerprint density at radius 1 is 1.00 bits per heavy atom. The summed E-state index contributed by atoms with van der Waals surface area (Å²) in [6.07, 6.45) is 16.9. The predicted molar refractivity (Wildman–Crippen MR) is 103 cm³/mol. The van der Waals surface area contributed by atoms with Gasteiger partial charge >= 0.3 is 11.5 Å². The third-order valence-corrected chi connectivity index (χ3v) is 5.21. The highest BCUT2D eigenvalue weighted by Crippen LogP contribution is 2.22. The summed E-state index contributed by atoms with van der Waals surface area (Å²) in [5, 5.41) is 17.5. The number of aliphatic hydroxyl groups excluding tert-OH is 1. The first-order valence-corrected chi connectivity index (χ1v) is 10.9. The van der Waals surface area contributed by atoms with Gasteiger partial charge in [-0.1, -0.05) is 62.3 Å². The smallest absolute Gasteiger partial charge is 0.341 e. The number of aliphatic hydroxyl groups is 1. The zero-order valence-electron chi connectivity index (χ0n) is 15.9. The fourth-order valence-corrected chi connectivity index (χ4v) is 3.35. The number of carbonyl (C=O) groups is 2. The van der Waals surface area contributed by atoms with Crippen molar-refractivity contribution in [2.45, 2.75) is 90.0 Å². The van der Waals surface area contributed by atoms with Crippen molar-refractivity contribution in [2.75, 3.05) is 6.61 Å². The van der Waals surface area contributed by atoms with Crippen LogP contribution in [0.5, 0.6) is 0 Å². The van der Waals surface area contributed by atoms with Crippen LogP contribution in [0.15, 0.2) is 16.9 Å². The van der Waals surface area contributed by atoms with E-state index in [2.05, 4.69) is 23.8 Å². The average Bonchev–Trinajstić information content (AvgIpc) is 2.62. The van der Waals surface area contributed by atoms with Crippen molar-refractivity contribution < 1.29 is 24.7 Å². The van der Waals surface area contributed by atoms with Gasteiger partial charge in [-0.15, -0.1) is 0 Å². The van der Waals surface area contributed by atoms with Gasteiger partial charge in [0.25, 0.3) is 0 Å². The largest absolute Gasteiger partial charge is 0.605 e. The minimum absolute atomic E-state index is 0.147. The molecule has 0 bridgehead atoms. The molecule has 7 heteroatoms. The Morgan fingerprint density at radius 2 is 1.54 bits per heavy atom. The minimum Gasteiger partial charge on any atom is -0.605 e. The van der Waals surface area contributed by atoms with Gasteiger partial charge in [0.2, 0.25) is 14.0 Å². The van der Waals surface area contributed by atoms with Gasteiger partial charge in [0.15, 0.2) is 0 Å². The fourth-order valence-electron chi connectivity index (χ4n) is 2.44. The predicted octanol–water partition coefficient (Wildman–Crippen LogP) is 4.16. The number of hydrogen-bond acceptors (Lipinski definition) is 5. The summed E-state index contributed by atoms with van der Waals surface area (Å²) in [6, 6.07) is -1.48. The Hall–Kier alpha value is -1.10. The minimum atomic E-state index is -2.57. The van der Waals surface area contributed by atoms with E-state index in [0.717, 1.165) is 32.1 Å². The van der Waals surface area contributed by atoms with Crippen molar-refractivity contribution in [1.82, 2.24) is 0 Å². The Labute approximate surface area is 158 Å². The highest BCUT2D eigenvalue weighted by atomic mass is 31.1. The molecule has 0 radical (unpaired) electrons. The molecule has 0 heterocycles. The summed E-state index contributed by atoms with van der Waals surface area (Å²) < 4.78 is 3.38. The van der Waals surface area contributed by atoms with Crippen LogP contribution in [0.3, 0.4) is 0 Å². The molecule has 0 spiro atoms. The maximum Gasteiger partial charge on any atom is 0.341 e. The Kier molecular flexibility index (Phi) is 16.6. The van der Waals surface area contributed by atoms with E-state index in [-0.39, 0.29) is 6.42 Å². The molecule has 0 aliphatic heterocycles. The summed E-state index contributed by atoms with van der Waals surface area (Å²) in [4.78, 5) is 33.9. The summed E-state index contributed by atoms with van der Waals surface area (Å²) in [5.74, 6) is -1.38. The van der Waals surface area contributed by atoms with Crippen molar-refractivity contribution >= 4 is 19.4 Å². The summed E-state index contributed by atoms with van der Waals surface area (Å²) in [5.41, 5.74) is -0.536. The normalized spacial score (nSPS) is 13.3. The number of unbranched alkanes of at least 4 members (excludes halogenated alkanes) is 9. The first-order chi connectivity index (χ1) is 12.5. The van der Waals surface area contributed by atoms with Gasteiger partial charge in [-0.3, -0.25) is 0 Å². The van der Waals surface area contributed by atoms with Crippen molar-refractivity contribution in [3.05, 3.63) is 12.2 Å². The molecule has 0 aromatic carbocycles. The van der Waals surface area contributed by atoms with Gasteiger partial charge in [-0.25, -0.2) is 9.59 Å². The van der Waals surface area contributed by atoms with Gasteiger partial charge in [-0.2, -0.15) is 0 Å². The molecule has 150 valence electrons. The topological polar surface area (TPSA) is 110 Å². The molecule has 2 unspecified atom stereocenters.